The first-order valence-corrected chi connectivity index (χ1v) is 35.5. The van der Waals surface area contributed by atoms with Crippen molar-refractivity contribution in [1.82, 2.24) is 39.9 Å². The van der Waals surface area contributed by atoms with E-state index in [1.165, 1.54) is 22.8 Å². The van der Waals surface area contributed by atoms with E-state index >= 15 is 0 Å². The van der Waals surface area contributed by atoms with Gasteiger partial charge in [0, 0.05) is 37.0 Å². The molecule has 4 aliphatic carbocycles. The third kappa shape index (κ3) is 16.7. The molecule has 0 spiro atoms. The van der Waals surface area contributed by atoms with Gasteiger partial charge in [0.15, 0.2) is 58.2 Å². The van der Waals surface area contributed by atoms with Gasteiger partial charge in [-0.2, -0.15) is 0 Å². The highest BCUT2D eigenvalue weighted by Crippen LogP contribution is 2.37. The molecule has 0 bridgehead atoms. The molecule has 16 rings (SSSR count). The van der Waals surface area contributed by atoms with Gasteiger partial charge < -0.3 is 21.3 Å². The number of hydrogen-bond acceptors (Lipinski definition) is 12. The molecule has 4 N–H and O–H groups in total. The molecular weight excluding hydrogens is 1490 g/mol. The molecule has 0 fully saturated rings. The van der Waals surface area contributed by atoms with Gasteiger partial charge in [0.2, 0.25) is 23.5 Å². The molecule has 107 heavy (non-hydrogen) atoms. The van der Waals surface area contributed by atoms with Crippen LogP contribution in [0.5, 0.6) is 0 Å². The highest BCUT2D eigenvalue weighted by Gasteiger charge is 2.30. The molecule has 538 valence electrons. The molecule has 4 heterocycles. The van der Waals surface area contributed by atoms with Crippen molar-refractivity contribution in [3.8, 4) is 45.0 Å². The van der Waals surface area contributed by atoms with Crippen LogP contribution in [-0.4, -0.2) is 63.5 Å². The molecule has 8 aromatic carbocycles. The Morgan fingerprint density at radius 3 is 1.03 bits per heavy atom. The monoisotopic (exact) mass is 1550 g/mol. The zero-order valence-corrected chi connectivity index (χ0v) is 60.3. The first-order valence-electron chi connectivity index (χ1n) is 34.4. The molecule has 0 saturated carbocycles. The Labute approximate surface area is 624 Å². The normalized spacial score (nSPS) is 12.3. The van der Waals surface area contributed by atoms with Crippen molar-refractivity contribution in [3.05, 3.63) is 304 Å². The van der Waals surface area contributed by atoms with E-state index in [0.717, 1.165) is 140 Å². The molecule has 0 saturated heterocycles. The first kappa shape index (κ1) is 73.5. The van der Waals surface area contributed by atoms with Crippen LogP contribution in [0.25, 0.3) is 45.0 Å². The highest BCUT2D eigenvalue weighted by atomic mass is 127. The van der Waals surface area contributed by atoms with Crippen LogP contribution < -0.4 is 21.3 Å². The van der Waals surface area contributed by atoms with Crippen LogP contribution in [0.2, 0.25) is 0 Å². The summed E-state index contributed by atoms with van der Waals surface area (Å²) in [5, 5.41) is 10.9. The van der Waals surface area contributed by atoms with Crippen LogP contribution in [0.4, 0.5) is 54.0 Å². The van der Waals surface area contributed by atoms with Crippen molar-refractivity contribution in [2.45, 2.75) is 98.3 Å². The predicted molar refractivity (Wildman–Crippen MR) is 402 cm³/mol. The molecule has 4 amide bonds. The summed E-state index contributed by atoms with van der Waals surface area (Å²) < 4.78 is 94.9. The van der Waals surface area contributed by atoms with E-state index < -0.39 is 58.6 Å². The average Bonchev–Trinajstić information content (AvgIpc) is 0.780. The third-order valence-corrected chi connectivity index (χ3v) is 19.2. The van der Waals surface area contributed by atoms with Crippen molar-refractivity contribution in [2.24, 2.45) is 0 Å². The van der Waals surface area contributed by atoms with Crippen LogP contribution >= 0.6 is 22.6 Å². The van der Waals surface area contributed by atoms with Crippen LogP contribution in [0.15, 0.2) is 170 Å². The average molecular weight is 1560 g/mol. The quantitative estimate of drug-likeness (QED) is 0.0411. The van der Waals surface area contributed by atoms with Crippen LogP contribution in [0.3, 0.4) is 0 Å². The van der Waals surface area contributed by atoms with Crippen molar-refractivity contribution in [1.29, 1.82) is 0 Å². The lowest BCUT2D eigenvalue weighted by atomic mass is 9.92. The Morgan fingerprint density at radius 1 is 0.336 bits per heavy atom. The predicted octanol–water partition coefficient (Wildman–Crippen LogP) is 16.6. The second-order valence-electron chi connectivity index (χ2n) is 25.9. The second kappa shape index (κ2) is 32.3. The number of aromatic nitrogens is 8. The van der Waals surface area contributed by atoms with Crippen LogP contribution in [0, 0.1) is 72.0 Å². The molecule has 0 atom stereocenters. The van der Waals surface area contributed by atoms with Gasteiger partial charge in [-0.1, -0.05) is 133 Å². The van der Waals surface area contributed by atoms with Crippen LogP contribution in [-0.2, 0) is 85.0 Å². The van der Waals surface area contributed by atoms with E-state index in [1.54, 1.807) is 26.0 Å². The number of nitrogens with one attached hydrogen (secondary N) is 4. The van der Waals surface area contributed by atoms with Gasteiger partial charge in [-0.05, 0) is 171 Å². The molecule has 0 unspecified atom stereocenters. The zero-order chi connectivity index (χ0) is 75.2. The van der Waals surface area contributed by atoms with Crippen molar-refractivity contribution in [2.75, 3.05) is 21.3 Å². The number of amides is 4. The first-order chi connectivity index (χ1) is 51.6. The molecular formula is C83H66F7IN12O4. The number of anilines is 4. The molecule has 24 heteroatoms. The minimum atomic E-state index is -2.27. The lowest BCUT2D eigenvalue weighted by Crippen LogP contribution is -2.21. The number of benzene rings is 8. The topological polar surface area (TPSA) is 220 Å². The van der Waals surface area contributed by atoms with Gasteiger partial charge in [-0.15, -0.1) is 0 Å². The molecule has 4 aromatic heterocycles. The maximum Gasteiger partial charge on any atom is 0.256 e. The van der Waals surface area contributed by atoms with E-state index in [2.05, 4.69) is 111 Å². The van der Waals surface area contributed by atoms with E-state index in [-0.39, 0.29) is 30.0 Å². The molecule has 16 nitrogen and oxygen atoms in total. The van der Waals surface area contributed by atoms with Crippen molar-refractivity contribution < 1.29 is 49.9 Å². The molecule has 12 aromatic rings. The number of aryl methyl sites for hydroxylation is 12. The summed E-state index contributed by atoms with van der Waals surface area (Å²) in [6.07, 6.45) is 5.76. The number of fused-ring (bicyclic) bond motifs is 12. The summed E-state index contributed by atoms with van der Waals surface area (Å²) in [4.78, 5) is 86.3. The van der Waals surface area contributed by atoms with E-state index in [0.29, 0.717) is 64.2 Å². The Hall–Kier alpha value is -11.8. The molecule has 4 aliphatic rings. The molecule has 0 radical (unpaired) electrons. The maximum atomic E-state index is 13.8. The fraction of sp³-hybridized carbons (Fsp3) is 0.181. The maximum absolute atomic E-state index is 13.8. The van der Waals surface area contributed by atoms with Gasteiger partial charge >= 0.3 is 0 Å². The smallest absolute Gasteiger partial charge is 0.256 e. The summed E-state index contributed by atoms with van der Waals surface area (Å²) in [6.45, 7) is 7.16. The van der Waals surface area contributed by atoms with Gasteiger partial charge in [-0.25, -0.2) is 70.6 Å². The van der Waals surface area contributed by atoms with Crippen LogP contribution in [0.1, 0.15) is 94.9 Å². The molecule has 0 aliphatic heterocycles. The van der Waals surface area contributed by atoms with E-state index in [1.807, 2.05) is 111 Å². The number of nitrogens with zero attached hydrogens (tertiary/aromatic N) is 8. The Bertz CT molecular complexity index is 5470. The number of rotatable bonds is 11. The summed E-state index contributed by atoms with van der Waals surface area (Å²) in [5.74, 6) is -12.4. The number of halogens is 8. The van der Waals surface area contributed by atoms with E-state index in [9.17, 15) is 49.9 Å². The lowest BCUT2D eigenvalue weighted by Gasteiger charge is -2.20. The van der Waals surface area contributed by atoms with Crippen molar-refractivity contribution in [3.63, 3.8) is 0 Å². The fourth-order valence-electron chi connectivity index (χ4n) is 13.0. The summed E-state index contributed by atoms with van der Waals surface area (Å²) in [5.41, 5.74) is 19.4. The Morgan fingerprint density at radius 2 is 0.654 bits per heavy atom. The fourth-order valence-corrected chi connectivity index (χ4v) is 13.4. The van der Waals surface area contributed by atoms with Gasteiger partial charge in [0.1, 0.15) is 0 Å². The lowest BCUT2D eigenvalue weighted by molar-refractivity contribution is -0.116. The number of carbonyl (C=O) groups is 4. The zero-order valence-electron chi connectivity index (χ0n) is 58.2. The SMILES string of the molecule is Cc1nc2c(nc1NC(=O)Cc1c(F)c(F)c(F)c(F)c1F)CCc1ccccc1-2.Cc1nc2c(nc1NC(=O)Cc1ccc(F)c(F)c1)CCc1ccccc1-2.Cc1nc2c(nc1NC(=O)Cc1ccc(I)cc1)CCc1ccccc1-2.Cc1nc2c(nc1NC(=O)c1ccccc1)CCc1ccccc1-2. The summed E-state index contributed by atoms with van der Waals surface area (Å²) in [7, 11) is 0. The highest BCUT2D eigenvalue weighted by molar-refractivity contribution is 14.1. The number of carbonyl (C=O) groups excluding carboxylic acids is 4. The largest absolute Gasteiger partial charge is 0.309 e. The Kier molecular flexibility index (Phi) is 22.2. The Balaban J connectivity index is 0.000000126. The number of hydrogen-bond donors (Lipinski definition) is 4. The van der Waals surface area contributed by atoms with Gasteiger partial charge in [0.05, 0.1) is 87.6 Å². The van der Waals surface area contributed by atoms with Gasteiger partial charge in [0.25, 0.3) is 5.91 Å². The van der Waals surface area contributed by atoms with E-state index in [4.69, 9.17) is 15.0 Å². The summed E-state index contributed by atoms with van der Waals surface area (Å²) in [6, 6.07) is 53.0. The standard InChI is InChI=1S/C21H14F5N3O.C21H17F2N3O.C21H18IN3O.C20H17N3O/c1-9-21(28-13-7-6-10-4-2-3-5-11(10)20(13)27-9)29-14(30)8-12-15(22)17(24)19(26)18(25)16(12)23;1-12-21(26-19(27)11-13-6-8-16(22)17(23)10-13)25-18-9-7-14-4-2-3-5-15(14)20(18)24-12;1-13-21(25-19(26)12-14-6-9-16(22)10-7-14)24-18-11-8-15-4-2-3-5-17(15)20(18)23-13;1-13-19(23-20(24)15-8-3-2-4-9-15)22-17-12-11-14-7-5-6-10-16(14)18(17)21-13/h2-5H,6-8H2,1H3,(H,28,29,30);2-6,8,10H,7,9,11H2,1H3,(H,25,26,27);2-7,9-10H,8,11-12H2,1H3,(H,24,25,26);2-10H,11-12H2,1H3,(H,22,23,24). The van der Waals surface area contributed by atoms with Gasteiger partial charge in [-0.3, -0.25) is 19.2 Å². The van der Waals surface area contributed by atoms with Crippen molar-refractivity contribution >= 4 is 69.5 Å². The second-order valence-corrected chi connectivity index (χ2v) is 27.1. The third-order valence-electron chi connectivity index (χ3n) is 18.5. The minimum Gasteiger partial charge on any atom is -0.309 e. The summed E-state index contributed by atoms with van der Waals surface area (Å²) >= 11 is 2.25. The minimum absolute atomic E-state index is 0.0697.